The molecule has 0 saturated carbocycles. The zero-order valence-corrected chi connectivity index (χ0v) is 66.5. The van der Waals surface area contributed by atoms with Gasteiger partial charge in [-0.15, -0.1) is 11.1 Å². The fourth-order valence-electron chi connectivity index (χ4n) is 8.71. The van der Waals surface area contributed by atoms with Crippen LogP contribution in [0.3, 0.4) is 0 Å². The molecule has 0 aliphatic carbocycles. The quantitative estimate of drug-likeness (QED) is 0.173. The Bertz CT molecular complexity index is 1160. The third-order valence-corrected chi connectivity index (χ3v) is 34.9. The molecule has 20 nitrogen and oxygen atoms in total. The SMILES string of the molecule is C.C.C.C.C.C1CN2CCO[SiH](O1)OCC2.CCN(CC)[SiH2]N(CC)CC.CN(C)[Si](Cl)(N(C)C)N(C)C.CN(C)[Si](N(C)C)(N(C)C)N(C)C.CO[Si]12OCCN(CCO1)CCO2.C[Si](C)(C)N[Si](C)(C)C.[SiH3]N([SiH3])[SiH3]. The van der Waals surface area contributed by atoms with E-state index in [0.29, 0.717) is 19.8 Å². The molecular formula is C46H140ClN13O7Si10. The molecule has 0 radical (unpaired) electrons. The van der Waals surface area contributed by atoms with E-state index in [0.717, 1.165) is 59.1 Å². The molecular weight excluding hydrogens is 1160 g/mol. The Morgan fingerprint density at radius 2 is 0.727 bits per heavy atom. The lowest BCUT2D eigenvalue weighted by Crippen LogP contribution is -2.77. The highest BCUT2D eigenvalue weighted by molar-refractivity contribution is 7.15. The van der Waals surface area contributed by atoms with Gasteiger partial charge < -0.3 is 48.7 Å². The fraction of sp³-hybridized carbons (Fsp3) is 1.00. The molecule has 478 valence electrons. The minimum atomic E-state index is -2.73. The Hall–Kier alpha value is 1.66. The van der Waals surface area contributed by atoms with Gasteiger partial charge in [0.25, 0.3) is 0 Å². The minimum absolute atomic E-state index is 0. The second kappa shape index (κ2) is 49.9. The van der Waals surface area contributed by atoms with Gasteiger partial charge in [-0.25, -0.2) is 0 Å². The first-order chi connectivity index (χ1) is 33.1. The molecule has 6 rings (SSSR count). The molecule has 0 atom stereocenters. The number of hydrogen-bond donors (Lipinski definition) is 1. The van der Waals surface area contributed by atoms with Gasteiger partial charge in [-0.3, -0.25) is 41.8 Å². The van der Waals surface area contributed by atoms with Crippen molar-refractivity contribution < 1.29 is 31.0 Å². The maximum Gasteiger partial charge on any atom is 0.679 e. The van der Waals surface area contributed by atoms with E-state index in [-0.39, 0.29) is 47.0 Å². The lowest BCUT2D eigenvalue weighted by Gasteiger charge is -2.49. The van der Waals surface area contributed by atoms with Crippen LogP contribution in [0.5, 0.6) is 0 Å². The molecule has 77 heavy (non-hydrogen) atoms. The predicted molar refractivity (Wildman–Crippen MR) is 371 cm³/mol. The van der Waals surface area contributed by atoms with E-state index >= 15 is 0 Å². The van der Waals surface area contributed by atoms with Crippen molar-refractivity contribution in [1.29, 1.82) is 0 Å². The summed E-state index contributed by atoms with van der Waals surface area (Å²) in [7, 11) is 24.5. The maximum atomic E-state index is 6.46. The molecule has 6 heterocycles. The third kappa shape index (κ3) is 41.4. The van der Waals surface area contributed by atoms with Gasteiger partial charge in [0.1, 0.15) is 16.5 Å². The summed E-state index contributed by atoms with van der Waals surface area (Å²) in [4.78, 5) is 4.58. The van der Waals surface area contributed by atoms with Crippen LogP contribution < -0.4 is 4.65 Å². The summed E-state index contributed by atoms with van der Waals surface area (Å²) in [6.45, 7) is 38.2. The molecule has 1 N–H and O–H groups in total. The van der Waals surface area contributed by atoms with Gasteiger partial charge in [0, 0.05) is 46.4 Å². The van der Waals surface area contributed by atoms with E-state index in [1.54, 1.807) is 7.11 Å². The highest BCUT2D eigenvalue weighted by Crippen LogP contribution is 2.18. The Kier molecular flexibility index (Phi) is 61.5. The molecule has 0 amide bonds. The summed E-state index contributed by atoms with van der Waals surface area (Å²) < 4.78 is 64.9. The number of fused-ring (bicyclic) bond motifs is 12. The zero-order valence-electron chi connectivity index (χ0n) is 52.2. The van der Waals surface area contributed by atoms with Crippen LogP contribution in [0.25, 0.3) is 0 Å². The molecule has 6 aliphatic rings. The monoisotopic (exact) mass is 1300 g/mol. The summed E-state index contributed by atoms with van der Waals surface area (Å²) in [6.07, 6.45) is 0. The Labute approximate surface area is 506 Å². The van der Waals surface area contributed by atoms with E-state index < -0.39 is 51.6 Å². The van der Waals surface area contributed by atoms with Crippen molar-refractivity contribution in [2.24, 2.45) is 0 Å². The van der Waals surface area contributed by atoms with Crippen molar-refractivity contribution in [2.45, 2.75) is 104 Å². The van der Waals surface area contributed by atoms with Crippen molar-refractivity contribution in [3.8, 4) is 0 Å². The summed E-state index contributed by atoms with van der Waals surface area (Å²) in [6, 6.07) is 0. The van der Waals surface area contributed by atoms with Gasteiger partial charge in [-0.2, -0.15) is 0 Å². The third-order valence-electron chi connectivity index (χ3n) is 11.3. The predicted octanol–water partition coefficient (Wildman–Crippen LogP) is 0.769. The number of nitrogens with one attached hydrogen (secondary N) is 1. The van der Waals surface area contributed by atoms with E-state index in [1.807, 2.05) is 42.3 Å². The smallest absolute Gasteiger partial charge is 0.390 e. The lowest BCUT2D eigenvalue weighted by atomic mass is 10.4. The highest BCUT2D eigenvalue weighted by atomic mass is 35.6. The highest BCUT2D eigenvalue weighted by Gasteiger charge is 2.47. The van der Waals surface area contributed by atoms with Crippen LogP contribution in [0.15, 0.2) is 0 Å². The topological polar surface area (TPSA) is 116 Å². The van der Waals surface area contributed by atoms with E-state index in [1.165, 1.54) is 57.4 Å². The van der Waals surface area contributed by atoms with Crippen LogP contribution >= 0.6 is 11.1 Å². The molecule has 0 spiro atoms. The van der Waals surface area contributed by atoms with Gasteiger partial charge >= 0.3 is 35.2 Å². The largest absolute Gasteiger partial charge is 0.679 e. The Morgan fingerprint density at radius 3 is 0.870 bits per heavy atom. The number of nitrogens with zero attached hydrogens (tertiary/aromatic N) is 12. The van der Waals surface area contributed by atoms with Crippen LogP contribution in [0, 0.1) is 0 Å². The van der Waals surface area contributed by atoms with Crippen LogP contribution in [-0.2, 0) is 31.0 Å². The number of rotatable bonds is 16. The molecule has 31 heteroatoms. The summed E-state index contributed by atoms with van der Waals surface area (Å²) >= 11 is 6.46. The van der Waals surface area contributed by atoms with Gasteiger partial charge in [0.05, 0.1) is 70.9 Å². The van der Waals surface area contributed by atoms with Crippen LogP contribution in [0.4, 0.5) is 0 Å². The molecule has 6 saturated heterocycles. The summed E-state index contributed by atoms with van der Waals surface area (Å²) in [5.41, 5.74) is 0. The van der Waals surface area contributed by atoms with Gasteiger partial charge in [-0.05, 0) is 125 Å². The second-order valence-electron chi connectivity index (χ2n) is 22.0. The van der Waals surface area contributed by atoms with Gasteiger partial charge in [-0.1, -0.05) is 104 Å². The fourth-order valence-corrected chi connectivity index (χ4v) is 29.1. The van der Waals surface area contributed by atoms with Crippen LogP contribution in [0.2, 0.25) is 39.3 Å². The van der Waals surface area contributed by atoms with Crippen LogP contribution in [0.1, 0.15) is 64.8 Å². The average Bonchev–Trinajstić information content (AvgIpc) is 3.19. The average molecular weight is 1300 g/mol. The van der Waals surface area contributed by atoms with Crippen molar-refractivity contribution in [2.75, 3.05) is 211 Å². The first-order valence-corrected chi connectivity index (χ1v) is 44.8. The maximum absolute atomic E-state index is 6.46. The minimum Gasteiger partial charge on any atom is -0.390 e. The first-order valence-electron chi connectivity index (χ1n) is 26.1. The zero-order chi connectivity index (χ0) is 56.7. The molecule has 0 aromatic carbocycles. The molecule has 6 fully saturated rings. The Morgan fingerprint density at radius 1 is 0.494 bits per heavy atom. The molecule has 0 aromatic rings. The second-order valence-corrected chi connectivity index (χ2v) is 58.7. The first kappa shape index (κ1) is 95.0. The summed E-state index contributed by atoms with van der Waals surface area (Å²) in [5.74, 6) is 0. The van der Waals surface area contributed by atoms with Crippen molar-refractivity contribution in [3.63, 3.8) is 0 Å². The molecule has 4 bridgehead atoms. The molecule has 6 aliphatic heterocycles. The van der Waals surface area contributed by atoms with Crippen molar-refractivity contribution in [1.82, 2.24) is 59.4 Å². The van der Waals surface area contributed by atoms with Crippen molar-refractivity contribution in [3.05, 3.63) is 0 Å². The standard InChI is InChI=1S/C8H24N4Si.C8H22N2Si.C7H15NO4Si.C6H18ClN3Si.C6H13NO3Si.C6H19NSi2.5CH4.H9NSi3/c1-9(2)13(10(3)4,11(5)6)12(7)8;1-5-9(6-2)11-10(7-3)8-4;1-9-13-10-5-2-8(3-6-11-13)4-7-12-13;1-8(2)11(7,9(3)4)10(5)6;1-4-8-11-9-5-2-7(1)3-6-10-11;1-8(2,3)7-9(4,5)6;;;;;;2-1(3)4/h1-8H3;5-8,11H2,1-4H3;2-7H2,1H3;1-6H3;11H,1-6H2;7H,1-6H3;5*1H4;2-4H3. The normalized spacial score (nSPS) is 20.6. The van der Waals surface area contributed by atoms with Crippen molar-refractivity contribution >= 4 is 104 Å². The van der Waals surface area contributed by atoms with E-state index in [2.05, 4.69) is 183 Å². The summed E-state index contributed by atoms with van der Waals surface area (Å²) in [5, 5.41) is 0. The van der Waals surface area contributed by atoms with Gasteiger partial charge in [0.2, 0.25) is 0 Å². The number of halogens is 1. The lowest BCUT2D eigenvalue weighted by molar-refractivity contribution is -0.0657. The van der Waals surface area contributed by atoms with Gasteiger partial charge in [0.15, 0.2) is 9.84 Å². The number of hydrogen-bond acceptors (Lipinski definition) is 20. The molecule has 0 unspecified atom stereocenters. The van der Waals surface area contributed by atoms with E-state index in [4.69, 9.17) is 42.1 Å². The van der Waals surface area contributed by atoms with Crippen LogP contribution in [-0.4, -0.2) is 358 Å². The Balaban J connectivity index is -0.000000121. The van der Waals surface area contributed by atoms with E-state index in [9.17, 15) is 0 Å². The molecule has 0 aromatic heterocycles.